The number of aromatic nitrogens is 1. The summed E-state index contributed by atoms with van der Waals surface area (Å²) >= 11 is 5.97. The number of halogens is 1. The number of nitrogens with one attached hydrogen (secondary N) is 2. The molecular weight excluding hydrogens is 290 g/mol. The van der Waals surface area contributed by atoms with Crippen molar-refractivity contribution in [2.75, 3.05) is 10.6 Å². The second-order valence-corrected chi connectivity index (χ2v) is 4.93. The summed E-state index contributed by atoms with van der Waals surface area (Å²) in [4.78, 5) is 27.2. The van der Waals surface area contributed by atoms with Gasteiger partial charge in [0.1, 0.15) is 0 Å². The zero-order valence-corrected chi connectivity index (χ0v) is 12.4. The minimum atomic E-state index is -0.279. The van der Waals surface area contributed by atoms with Crippen LogP contribution in [0, 0.1) is 6.92 Å². The zero-order chi connectivity index (χ0) is 15.4. The average Bonchev–Trinajstić information content (AvgIpc) is 2.42. The van der Waals surface area contributed by atoms with Crippen molar-refractivity contribution in [3.05, 3.63) is 52.8 Å². The van der Waals surface area contributed by atoms with E-state index < -0.39 is 0 Å². The van der Waals surface area contributed by atoms with Crippen LogP contribution in [-0.2, 0) is 4.79 Å². The number of nitrogens with zero attached hydrogens (tertiary/aromatic N) is 1. The molecule has 21 heavy (non-hydrogen) atoms. The molecule has 0 saturated heterocycles. The Bertz CT molecular complexity index is 684. The van der Waals surface area contributed by atoms with Crippen LogP contribution < -0.4 is 10.6 Å². The van der Waals surface area contributed by atoms with E-state index in [1.165, 1.54) is 13.1 Å². The number of carbonyl (C=O) groups is 2. The van der Waals surface area contributed by atoms with Crippen molar-refractivity contribution in [1.82, 2.24) is 4.98 Å². The number of pyridine rings is 1. The van der Waals surface area contributed by atoms with Gasteiger partial charge in [-0.2, -0.15) is 0 Å². The smallest absolute Gasteiger partial charge is 0.257 e. The van der Waals surface area contributed by atoms with Crippen molar-refractivity contribution in [3.8, 4) is 0 Å². The number of hydrogen-bond acceptors (Lipinski definition) is 3. The highest BCUT2D eigenvalue weighted by atomic mass is 35.5. The molecule has 108 valence electrons. The molecule has 0 spiro atoms. The lowest BCUT2D eigenvalue weighted by Gasteiger charge is -2.09. The lowest BCUT2D eigenvalue weighted by Crippen LogP contribution is -2.13. The topological polar surface area (TPSA) is 71.1 Å². The van der Waals surface area contributed by atoms with E-state index in [9.17, 15) is 9.59 Å². The van der Waals surface area contributed by atoms with Crippen molar-refractivity contribution in [3.63, 3.8) is 0 Å². The van der Waals surface area contributed by atoms with Gasteiger partial charge in [-0.3, -0.25) is 14.6 Å². The molecule has 2 rings (SSSR count). The maximum absolute atomic E-state index is 12.1. The Labute approximate surface area is 127 Å². The number of anilines is 2. The monoisotopic (exact) mass is 303 g/mol. The van der Waals surface area contributed by atoms with E-state index in [0.29, 0.717) is 22.0 Å². The third-order valence-corrected chi connectivity index (χ3v) is 3.04. The molecule has 0 aliphatic heterocycles. The van der Waals surface area contributed by atoms with Gasteiger partial charge in [0, 0.05) is 24.5 Å². The molecule has 1 aromatic heterocycles. The van der Waals surface area contributed by atoms with Crippen LogP contribution in [0.4, 0.5) is 11.4 Å². The molecule has 1 heterocycles. The molecule has 0 saturated carbocycles. The van der Waals surface area contributed by atoms with Crippen LogP contribution in [0.3, 0.4) is 0 Å². The van der Waals surface area contributed by atoms with Gasteiger partial charge in [-0.25, -0.2) is 0 Å². The number of hydrogen-bond donors (Lipinski definition) is 2. The summed E-state index contributed by atoms with van der Waals surface area (Å²) in [6.45, 7) is 3.24. The van der Waals surface area contributed by atoms with E-state index in [1.807, 2.05) is 6.92 Å². The van der Waals surface area contributed by atoms with Gasteiger partial charge in [-0.05, 0) is 37.3 Å². The average molecular weight is 304 g/mol. The Morgan fingerprint density at radius 3 is 2.52 bits per heavy atom. The molecule has 6 heteroatoms. The number of benzene rings is 1. The van der Waals surface area contributed by atoms with E-state index in [2.05, 4.69) is 15.6 Å². The molecule has 0 atom stereocenters. The minimum Gasteiger partial charge on any atom is -0.325 e. The molecule has 0 fully saturated rings. The Kier molecular flexibility index (Phi) is 4.55. The van der Waals surface area contributed by atoms with E-state index in [4.69, 9.17) is 11.6 Å². The van der Waals surface area contributed by atoms with Crippen LogP contribution in [0.1, 0.15) is 23.0 Å². The molecule has 0 aliphatic rings. The quantitative estimate of drug-likeness (QED) is 0.914. The number of aryl methyl sites for hydroxylation is 1. The van der Waals surface area contributed by atoms with Gasteiger partial charge in [-0.15, -0.1) is 0 Å². The molecule has 0 radical (unpaired) electrons. The third kappa shape index (κ3) is 4.03. The molecule has 2 amide bonds. The maximum atomic E-state index is 12.1. The lowest BCUT2D eigenvalue weighted by molar-refractivity contribution is -0.114. The first-order chi connectivity index (χ1) is 9.95. The van der Waals surface area contributed by atoms with Crippen LogP contribution in [0.15, 0.2) is 36.5 Å². The first-order valence-electron chi connectivity index (χ1n) is 6.27. The summed E-state index contributed by atoms with van der Waals surface area (Å²) in [5.74, 6) is -0.512. The molecular formula is C15H14ClN3O2. The highest BCUT2D eigenvalue weighted by Gasteiger charge is 2.09. The number of carbonyl (C=O) groups excluding carboxylic acids is 2. The first kappa shape index (κ1) is 15.0. The van der Waals surface area contributed by atoms with Crippen molar-refractivity contribution in [2.45, 2.75) is 13.8 Å². The Morgan fingerprint density at radius 1 is 1.14 bits per heavy atom. The van der Waals surface area contributed by atoms with Crippen LogP contribution in [-0.4, -0.2) is 16.8 Å². The normalized spacial score (nSPS) is 10.0. The van der Waals surface area contributed by atoms with Crippen LogP contribution >= 0.6 is 11.6 Å². The Morgan fingerprint density at radius 2 is 1.90 bits per heavy atom. The summed E-state index contributed by atoms with van der Waals surface area (Å²) in [5.41, 5.74) is 2.28. The van der Waals surface area contributed by atoms with Gasteiger partial charge in [0.2, 0.25) is 5.91 Å². The van der Waals surface area contributed by atoms with Gasteiger partial charge in [-0.1, -0.05) is 11.6 Å². The Hall–Kier alpha value is -2.40. The SMILES string of the molecule is CC(=O)Nc1cc(NC(=O)c2ccc(C)nc2)ccc1Cl. The predicted octanol–water partition coefficient (Wildman–Crippen LogP) is 3.25. The third-order valence-electron chi connectivity index (χ3n) is 2.71. The fourth-order valence-corrected chi connectivity index (χ4v) is 1.86. The molecule has 1 aromatic carbocycles. The number of amides is 2. The summed E-state index contributed by atoms with van der Waals surface area (Å²) in [7, 11) is 0. The second kappa shape index (κ2) is 6.37. The summed E-state index contributed by atoms with van der Waals surface area (Å²) in [6, 6.07) is 8.33. The molecule has 0 bridgehead atoms. The Balaban J connectivity index is 2.17. The summed E-state index contributed by atoms with van der Waals surface area (Å²) < 4.78 is 0. The molecule has 2 N–H and O–H groups in total. The van der Waals surface area contributed by atoms with Gasteiger partial charge >= 0.3 is 0 Å². The fraction of sp³-hybridized carbons (Fsp3) is 0.133. The molecule has 0 aliphatic carbocycles. The zero-order valence-electron chi connectivity index (χ0n) is 11.6. The maximum Gasteiger partial charge on any atom is 0.257 e. The van der Waals surface area contributed by atoms with Gasteiger partial charge in [0.15, 0.2) is 0 Å². The minimum absolute atomic E-state index is 0.233. The van der Waals surface area contributed by atoms with E-state index >= 15 is 0 Å². The second-order valence-electron chi connectivity index (χ2n) is 4.52. The highest BCUT2D eigenvalue weighted by Crippen LogP contribution is 2.25. The van der Waals surface area contributed by atoms with Gasteiger partial charge in [0.25, 0.3) is 5.91 Å². The predicted molar refractivity (Wildman–Crippen MR) is 82.7 cm³/mol. The number of rotatable bonds is 3. The fourth-order valence-electron chi connectivity index (χ4n) is 1.69. The standard InChI is InChI=1S/C15H14ClN3O2/c1-9-3-4-11(8-17-9)15(21)19-12-5-6-13(16)14(7-12)18-10(2)20/h3-8H,1-2H3,(H,18,20)(H,19,21). The van der Waals surface area contributed by atoms with Crippen LogP contribution in [0.5, 0.6) is 0 Å². The van der Waals surface area contributed by atoms with E-state index in [1.54, 1.807) is 30.3 Å². The van der Waals surface area contributed by atoms with Crippen molar-refractivity contribution in [2.24, 2.45) is 0 Å². The molecule has 2 aromatic rings. The van der Waals surface area contributed by atoms with Crippen LogP contribution in [0.2, 0.25) is 5.02 Å². The van der Waals surface area contributed by atoms with Gasteiger partial charge < -0.3 is 10.6 Å². The van der Waals surface area contributed by atoms with Gasteiger partial charge in [0.05, 0.1) is 16.3 Å². The largest absolute Gasteiger partial charge is 0.325 e. The highest BCUT2D eigenvalue weighted by molar-refractivity contribution is 6.33. The van der Waals surface area contributed by atoms with Crippen LogP contribution in [0.25, 0.3) is 0 Å². The van der Waals surface area contributed by atoms with Crippen molar-refractivity contribution >= 4 is 34.8 Å². The molecule has 0 unspecified atom stereocenters. The van der Waals surface area contributed by atoms with Crippen molar-refractivity contribution < 1.29 is 9.59 Å². The van der Waals surface area contributed by atoms with E-state index in [-0.39, 0.29) is 11.8 Å². The lowest BCUT2D eigenvalue weighted by atomic mass is 10.2. The van der Waals surface area contributed by atoms with Crippen molar-refractivity contribution in [1.29, 1.82) is 0 Å². The van der Waals surface area contributed by atoms with E-state index in [0.717, 1.165) is 5.69 Å². The summed E-state index contributed by atoms with van der Waals surface area (Å²) in [6.07, 6.45) is 1.51. The molecule has 5 nitrogen and oxygen atoms in total. The summed E-state index contributed by atoms with van der Waals surface area (Å²) in [5, 5.41) is 5.73. The first-order valence-corrected chi connectivity index (χ1v) is 6.64.